The first kappa shape index (κ1) is 29.9. The number of nitrogens with zero attached hydrogens (tertiary/aromatic N) is 4. The van der Waals surface area contributed by atoms with E-state index in [9.17, 15) is 30.7 Å². The van der Waals surface area contributed by atoms with Crippen molar-refractivity contribution in [3.8, 4) is 0 Å². The van der Waals surface area contributed by atoms with Crippen molar-refractivity contribution in [3.05, 3.63) is 81.9 Å². The highest BCUT2D eigenvalue weighted by atomic mass is 19.4. The standard InChI is InChI=1S/C26H27F7N4O3/c1-15(17-10-18(25(28,29)30)12-19(11-17)26(31,32)33)39-24-23(16-4-6-20(27)7-5-16)37(8-9-38-24)14-22-21(13-36(2)3)34-40-35-22/h4-7,10-12,15,23-24H,8-9,13-14H2,1-3H3. The highest BCUT2D eigenvalue weighted by molar-refractivity contribution is 5.35. The molecule has 4 rings (SSSR count). The zero-order valence-electron chi connectivity index (χ0n) is 21.8. The highest BCUT2D eigenvalue weighted by Crippen LogP contribution is 2.40. The van der Waals surface area contributed by atoms with Crippen molar-refractivity contribution in [2.45, 2.75) is 50.8 Å². The molecule has 3 atom stereocenters. The van der Waals surface area contributed by atoms with E-state index in [2.05, 4.69) is 10.3 Å². The Kier molecular flexibility index (Phi) is 8.83. The summed E-state index contributed by atoms with van der Waals surface area (Å²) in [6.07, 6.45) is -12.4. The quantitative estimate of drug-likeness (QED) is 0.306. The molecule has 14 heteroatoms. The van der Waals surface area contributed by atoms with E-state index < -0.39 is 47.7 Å². The molecular formula is C26H27F7N4O3. The Labute approximate surface area is 225 Å². The first-order valence-electron chi connectivity index (χ1n) is 12.2. The van der Waals surface area contributed by atoms with Crippen LogP contribution in [0.25, 0.3) is 0 Å². The molecule has 1 saturated heterocycles. The summed E-state index contributed by atoms with van der Waals surface area (Å²) in [4.78, 5) is 3.78. The van der Waals surface area contributed by atoms with Crippen LogP contribution < -0.4 is 0 Å². The molecule has 0 radical (unpaired) electrons. The molecular weight excluding hydrogens is 549 g/mol. The number of aromatic nitrogens is 2. The van der Waals surface area contributed by atoms with Gasteiger partial charge in [0.25, 0.3) is 0 Å². The third-order valence-electron chi connectivity index (χ3n) is 6.39. The van der Waals surface area contributed by atoms with Gasteiger partial charge < -0.3 is 14.4 Å². The second-order valence-electron chi connectivity index (χ2n) is 9.72. The molecule has 1 aromatic heterocycles. The lowest BCUT2D eigenvalue weighted by atomic mass is 10.0. The fraction of sp³-hybridized carbons (Fsp3) is 0.462. The molecule has 2 aromatic carbocycles. The maximum Gasteiger partial charge on any atom is 0.416 e. The van der Waals surface area contributed by atoms with Crippen LogP contribution in [0.15, 0.2) is 47.1 Å². The Hall–Kier alpha value is -3.07. The van der Waals surface area contributed by atoms with Crippen LogP contribution in [0.2, 0.25) is 0 Å². The minimum atomic E-state index is -5.00. The van der Waals surface area contributed by atoms with Gasteiger partial charge in [0.1, 0.15) is 17.2 Å². The van der Waals surface area contributed by atoms with E-state index in [-0.39, 0.29) is 24.8 Å². The maximum atomic E-state index is 13.7. The third-order valence-corrected chi connectivity index (χ3v) is 6.39. The molecule has 3 aromatic rings. The lowest BCUT2D eigenvalue weighted by molar-refractivity contribution is -0.231. The van der Waals surface area contributed by atoms with Crippen LogP contribution in [0.3, 0.4) is 0 Å². The molecule has 0 bridgehead atoms. The summed E-state index contributed by atoms with van der Waals surface area (Å²) >= 11 is 0. The predicted molar refractivity (Wildman–Crippen MR) is 127 cm³/mol. The minimum Gasteiger partial charge on any atom is -0.349 e. The van der Waals surface area contributed by atoms with Gasteiger partial charge in [-0.2, -0.15) is 26.3 Å². The van der Waals surface area contributed by atoms with Gasteiger partial charge in [-0.1, -0.05) is 22.4 Å². The van der Waals surface area contributed by atoms with Gasteiger partial charge in [0.2, 0.25) is 0 Å². The van der Waals surface area contributed by atoms with Gasteiger partial charge in [-0.3, -0.25) is 4.90 Å². The maximum absolute atomic E-state index is 13.7. The van der Waals surface area contributed by atoms with Gasteiger partial charge in [-0.25, -0.2) is 9.02 Å². The minimum absolute atomic E-state index is 0.0631. The number of hydrogen-bond donors (Lipinski definition) is 0. The van der Waals surface area contributed by atoms with Crippen LogP contribution in [-0.2, 0) is 34.9 Å². The number of alkyl halides is 6. The number of morpholine rings is 1. The van der Waals surface area contributed by atoms with Gasteiger partial charge in [0.15, 0.2) is 6.29 Å². The molecule has 0 saturated carbocycles. The van der Waals surface area contributed by atoms with E-state index in [1.165, 1.54) is 31.2 Å². The normalized spacial score (nSPS) is 19.8. The molecule has 0 N–H and O–H groups in total. The van der Waals surface area contributed by atoms with Crippen LogP contribution in [0.4, 0.5) is 30.7 Å². The van der Waals surface area contributed by atoms with Crippen molar-refractivity contribution in [1.29, 1.82) is 0 Å². The first-order chi connectivity index (χ1) is 18.7. The van der Waals surface area contributed by atoms with Gasteiger partial charge >= 0.3 is 12.4 Å². The Morgan fingerprint density at radius 2 is 1.57 bits per heavy atom. The van der Waals surface area contributed by atoms with E-state index in [0.717, 1.165) is 0 Å². The predicted octanol–water partition coefficient (Wildman–Crippen LogP) is 5.99. The van der Waals surface area contributed by atoms with E-state index in [0.29, 0.717) is 42.2 Å². The number of halogens is 7. The molecule has 1 aliphatic heterocycles. The van der Waals surface area contributed by atoms with E-state index in [1.54, 1.807) is 0 Å². The van der Waals surface area contributed by atoms with Crippen molar-refractivity contribution in [3.63, 3.8) is 0 Å². The monoisotopic (exact) mass is 576 g/mol. The molecule has 0 aliphatic carbocycles. The summed E-state index contributed by atoms with van der Waals surface area (Å²) in [5.74, 6) is -0.490. The van der Waals surface area contributed by atoms with Crippen LogP contribution in [-0.4, -0.2) is 53.7 Å². The second-order valence-corrected chi connectivity index (χ2v) is 9.72. The van der Waals surface area contributed by atoms with E-state index >= 15 is 0 Å². The summed E-state index contributed by atoms with van der Waals surface area (Å²) in [5.41, 5.74) is -1.54. The second kappa shape index (κ2) is 11.8. The average Bonchev–Trinajstić information content (AvgIpc) is 3.29. The fourth-order valence-electron chi connectivity index (χ4n) is 4.46. The summed E-state index contributed by atoms with van der Waals surface area (Å²) in [7, 11) is 3.69. The summed E-state index contributed by atoms with van der Waals surface area (Å²) in [6.45, 7) is 2.51. The summed E-state index contributed by atoms with van der Waals surface area (Å²) in [5, 5.41) is 7.94. The van der Waals surface area contributed by atoms with Gasteiger partial charge in [0, 0.05) is 19.6 Å². The van der Waals surface area contributed by atoms with Crippen molar-refractivity contribution < 1.29 is 44.8 Å². The zero-order valence-corrected chi connectivity index (χ0v) is 21.8. The topological polar surface area (TPSA) is 63.9 Å². The Morgan fingerprint density at radius 1 is 0.975 bits per heavy atom. The molecule has 7 nitrogen and oxygen atoms in total. The average molecular weight is 577 g/mol. The van der Waals surface area contributed by atoms with Crippen molar-refractivity contribution in [2.24, 2.45) is 0 Å². The molecule has 0 spiro atoms. The van der Waals surface area contributed by atoms with Crippen LogP contribution in [0.5, 0.6) is 0 Å². The highest BCUT2D eigenvalue weighted by Gasteiger charge is 2.39. The van der Waals surface area contributed by atoms with Gasteiger partial charge in [0.05, 0.1) is 29.9 Å². The Bertz CT molecular complexity index is 1250. The third kappa shape index (κ3) is 7.16. The van der Waals surface area contributed by atoms with Crippen molar-refractivity contribution in [1.82, 2.24) is 20.1 Å². The molecule has 218 valence electrons. The van der Waals surface area contributed by atoms with Crippen molar-refractivity contribution >= 4 is 0 Å². The summed E-state index contributed by atoms with van der Waals surface area (Å²) in [6, 6.07) is 6.10. The zero-order chi connectivity index (χ0) is 29.2. The number of ether oxygens (including phenoxy) is 2. The lowest BCUT2D eigenvalue weighted by Crippen LogP contribution is -2.46. The fourth-order valence-corrected chi connectivity index (χ4v) is 4.46. The Morgan fingerprint density at radius 3 is 2.15 bits per heavy atom. The molecule has 2 heterocycles. The number of rotatable bonds is 8. The molecule has 40 heavy (non-hydrogen) atoms. The van der Waals surface area contributed by atoms with E-state index in [4.69, 9.17) is 14.1 Å². The summed E-state index contributed by atoms with van der Waals surface area (Å²) < 4.78 is 111. The SMILES string of the molecule is CC(OC1OCCN(Cc2nonc2CN(C)C)C1c1ccc(F)cc1)c1cc(C(F)(F)F)cc(C(F)(F)F)c1. The largest absolute Gasteiger partial charge is 0.416 e. The molecule has 1 aliphatic rings. The lowest BCUT2D eigenvalue weighted by Gasteiger charge is -2.41. The van der Waals surface area contributed by atoms with Crippen molar-refractivity contribution in [2.75, 3.05) is 27.2 Å². The van der Waals surface area contributed by atoms with Crippen LogP contribution in [0.1, 0.15) is 52.7 Å². The van der Waals surface area contributed by atoms with Gasteiger partial charge in [-0.05, 0) is 62.5 Å². The van der Waals surface area contributed by atoms with Crippen LogP contribution >= 0.6 is 0 Å². The smallest absolute Gasteiger partial charge is 0.349 e. The van der Waals surface area contributed by atoms with Gasteiger partial charge in [-0.15, -0.1) is 0 Å². The number of benzene rings is 2. The Balaban J connectivity index is 1.66. The van der Waals surface area contributed by atoms with Crippen LogP contribution in [0, 0.1) is 5.82 Å². The molecule has 0 amide bonds. The molecule has 3 unspecified atom stereocenters. The first-order valence-corrected chi connectivity index (χ1v) is 12.2. The van der Waals surface area contributed by atoms with E-state index in [1.807, 2.05) is 23.9 Å². The molecule has 1 fully saturated rings. The number of hydrogen-bond acceptors (Lipinski definition) is 7.